The van der Waals surface area contributed by atoms with E-state index in [0.717, 1.165) is 92.0 Å². The first kappa shape index (κ1) is 54.2. The van der Waals surface area contributed by atoms with Crippen LogP contribution in [0.15, 0.2) is 72.8 Å². The minimum absolute atomic E-state index is 0. The summed E-state index contributed by atoms with van der Waals surface area (Å²) >= 11 is 0. The standard InChI is InChI=1S/C43H57N5O6.5ClH/c49-41(50)38(34-10-13-44-24-34)21-29-4-1-7-32(18-29)27-48(28-33-8-2-5-30(19-33)22-39(42(51)52)35-11-14-45-25-35)17-16-47-37-9-3-6-31(20-37)23-40(43(53)54)36-12-15-46-26-36;;;;;/h1-9,18-20,34-36,38-40,44-47H,10-17,21-28H2,(H,49,50)(H,51,52)(H,53,54);5*1H/t34-,35-,36-,38-,39-,40-;;;;;/m0...../s1. The maximum absolute atomic E-state index is 12.3. The second-order valence-electron chi connectivity index (χ2n) is 15.7. The summed E-state index contributed by atoms with van der Waals surface area (Å²) in [5, 5.41) is 43.6. The zero-order chi connectivity index (χ0) is 37.9. The van der Waals surface area contributed by atoms with Crippen molar-refractivity contribution in [1.29, 1.82) is 0 Å². The van der Waals surface area contributed by atoms with Crippen LogP contribution in [0.3, 0.4) is 0 Å². The number of carboxylic acid groups (broad SMARTS) is 3. The van der Waals surface area contributed by atoms with Gasteiger partial charge >= 0.3 is 17.9 Å². The average Bonchev–Trinajstić information content (AvgIpc) is 3.97. The molecule has 0 saturated carbocycles. The lowest BCUT2D eigenvalue weighted by molar-refractivity contribution is -0.144. The molecule has 0 unspecified atom stereocenters. The number of nitrogens with zero attached hydrogens (tertiary/aromatic N) is 1. The lowest BCUT2D eigenvalue weighted by atomic mass is 9.86. The van der Waals surface area contributed by atoms with Gasteiger partial charge in [0, 0.05) is 31.9 Å². The van der Waals surface area contributed by atoms with Gasteiger partial charge in [-0.15, -0.1) is 62.0 Å². The molecule has 0 aliphatic carbocycles. The van der Waals surface area contributed by atoms with Crippen molar-refractivity contribution in [2.75, 3.05) is 57.7 Å². The molecule has 3 aliphatic heterocycles. The number of nitrogens with one attached hydrogen (secondary N) is 4. The third-order valence-electron chi connectivity index (χ3n) is 11.8. The monoisotopic (exact) mass is 919 g/mol. The van der Waals surface area contributed by atoms with E-state index in [-0.39, 0.29) is 79.8 Å². The van der Waals surface area contributed by atoms with Gasteiger partial charge < -0.3 is 36.6 Å². The van der Waals surface area contributed by atoms with Gasteiger partial charge in [0.15, 0.2) is 0 Å². The smallest absolute Gasteiger partial charge is 0.307 e. The third-order valence-corrected chi connectivity index (χ3v) is 11.8. The van der Waals surface area contributed by atoms with Gasteiger partial charge in [-0.2, -0.15) is 0 Å². The number of carboxylic acids is 3. The quantitative estimate of drug-likeness (QED) is 0.0666. The number of hydrogen-bond donors (Lipinski definition) is 7. The SMILES string of the molecule is Cl.Cl.Cl.Cl.Cl.O=C(O)[C@@H](Cc1cccc(CN(CCNc2cccc(C[C@H](C(=O)O)[C@H]3CCNC3)c2)Cc2cccc(C[C@H](C(=O)O)[C@H]3CCNC3)c2)c1)[C@H]1CCNC1. The Bertz CT molecular complexity index is 1640. The van der Waals surface area contributed by atoms with Crippen LogP contribution in [0.5, 0.6) is 0 Å². The average molecular weight is 922 g/mol. The van der Waals surface area contributed by atoms with Crippen molar-refractivity contribution in [3.05, 3.63) is 101 Å². The number of hydrogen-bond acceptors (Lipinski definition) is 8. The fraction of sp³-hybridized carbons (Fsp3) is 0.512. The highest BCUT2D eigenvalue weighted by molar-refractivity contribution is 5.86. The molecule has 59 heavy (non-hydrogen) atoms. The first-order chi connectivity index (χ1) is 26.2. The van der Waals surface area contributed by atoms with Gasteiger partial charge in [-0.1, -0.05) is 60.7 Å². The highest BCUT2D eigenvalue weighted by Gasteiger charge is 2.32. The Morgan fingerprint density at radius 1 is 0.559 bits per heavy atom. The second kappa shape index (κ2) is 27.2. The Labute approximate surface area is 379 Å². The van der Waals surface area contributed by atoms with Crippen LogP contribution in [-0.2, 0) is 46.7 Å². The molecule has 6 atom stereocenters. The van der Waals surface area contributed by atoms with E-state index in [4.69, 9.17) is 0 Å². The molecule has 7 N–H and O–H groups in total. The molecule has 11 nitrogen and oxygen atoms in total. The molecule has 0 radical (unpaired) electrons. The molecular weight excluding hydrogens is 860 g/mol. The lowest BCUT2D eigenvalue weighted by Gasteiger charge is -2.25. The first-order valence-corrected chi connectivity index (χ1v) is 19.7. The van der Waals surface area contributed by atoms with Crippen LogP contribution in [-0.4, -0.2) is 90.5 Å². The topological polar surface area (TPSA) is 163 Å². The van der Waals surface area contributed by atoms with E-state index in [2.05, 4.69) is 56.5 Å². The zero-order valence-corrected chi connectivity index (χ0v) is 37.3. The number of halogens is 5. The predicted molar refractivity (Wildman–Crippen MR) is 246 cm³/mol. The molecule has 16 heteroatoms. The molecule has 0 bridgehead atoms. The van der Waals surface area contributed by atoms with Crippen molar-refractivity contribution in [3.8, 4) is 0 Å². The van der Waals surface area contributed by atoms with Crippen LogP contribution in [0.4, 0.5) is 5.69 Å². The Morgan fingerprint density at radius 2 is 0.915 bits per heavy atom. The van der Waals surface area contributed by atoms with E-state index in [1.165, 1.54) is 0 Å². The Hall–Kier alpha value is -2.84. The Morgan fingerprint density at radius 3 is 1.27 bits per heavy atom. The fourth-order valence-electron chi connectivity index (χ4n) is 8.80. The van der Waals surface area contributed by atoms with Crippen molar-refractivity contribution in [1.82, 2.24) is 20.9 Å². The summed E-state index contributed by atoms with van der Waals surface area (Å²) < 4.78 is 0. The van der Waals surface area contributed by atoms with Gasteiger partial charge in [0.1, 0.15) is 0 Å². The van der Waals surface area contributed by atoms with Crippen LogP contribution >= 0.6 is 62.0 Å². The summed E-state index contributed by atoms with van der Waals surface area (Å²) in [4.78, 5) is 39.0. The Kier molecular flexibility index (Phi) is 25.0. The van der Waals surface area contributed by atoms with E-state index in [9.17, 15) is 29.7 Å². The number of aliphatic carboxylic acids is 3. The van der Waals surface area contributed by atoms with E-state index in [1.54, 1.807) is 0 Å². The summed E-state index contributed by atoms with van der Waals surface area (Å²) in [6.45, 7) is 7.48. The van der Waals surface area contributed by atoms with E-state index >= 15 is 0 Å². The van der Waals surface area contributed by atoms with E-state index < -0.39 is 35.7 Å². The van der Waals surface area contributed by atoms with Gasteiger partial charge in [0.05, 0.1) is 17.8 Å². The van der Waals surface area contributed by atoms with Gasteiger partial charge in [-0.3, -0.25) is 19.3 Å². The normalized spacial score (nSPS) is 19.7. The summed E-state index contributed by atoms with van der Waals surface area (Å²) in [7, 11) is 0. The lowest BCUT2D eigenvalue weighted by Crippen LogP contribution is -2.29. The summed E-state index contributed by atoms with van der Waals surface area (Å²) in [5.74, 6) is -3.11. The fourth-order valence-corrected chi connectivity index (χ4v) is 8.80. The molecule has 0 spiro atoms. The molecular formula is C43H62Cl5N5O6. The van der Waals surface area contributed by atoms with Crippen molar-refractivity contribution >= 4 is 85.6 Å². The number of anilines is 1. The third kappa shape index (κ3) is 16.2. The van der Waals surface area contributed by atoms with Crippen molar-refractivity contribution in [2.24, 2.45) is 35.5 Å². The molecule has 3 aromatic carbocycles. The number of rotatable bonds is 20. The predicted octanol–water partition coefficient (Wildman–Crippen LogP) is 6.47. The van der Waals surface area contributed by atoms with Crippen LogP contribution in [0, 0.1) is 35.5 Å². The molecule has 330 valence electrons. The molecule has 3 fully saturated rings. The van der Waals surface area contributed by atoms with Gasteiger partial charge in [-0.05, 0) is 135 Å². The van der Waals surface area contributed by atoms with Crippen molar-refractivity contribution < 1.29 is 29.7 Å². The second-order valence-corrected chi connectivity index (χ2v) is 15.7. The van der Waals surface area contributed by atoms with Gasteiger partial charge in [-0.25, -0.2) is 0 Å². The molecule has 3 saturated heterocycles. The van der Waals surface area contributed by atoms with E-state index in [0.29, 0.717) is 45.4 Å². The summed E-state index contributed by atoms with van der Waals surface area (Å²) in [6, 6.07) is 24.7. The number of carbonyl (C=O) groups is 3. The van der Waals surface area contributed by atoms with Gasteiger partial charge in [0.25, 0.3) is 0 Å². The molecule has 6 rings (SSSR count). The summed E-state index contributed by atoms with van der Waals surface area (Å²) in [6.07, 6.45) is 4.13. The number of benzene rings is 3. The highest BCUT2D eigenvalue weighted by Crippen LogP contribution is 2.27. The molecule has 3 heterocycles. The minimum Gasteiger partial charge on any atom is -0.481 e. The molecule has 0 amide bonds. The molecule has 0 aromatic heterocycles. The molecule has 3 aliphatic rings. The zero-order valence-electron chi connectivity index (χ0n) is 33.3. The van der Waals surface area contributed by atoms with Crippen LogP contribution in [0.1, 0.15) is 47.1 Å². The van der Waals surface area contributed by atoms with Gasteiger partial charge in [0.2, 0.25) is 0 Å². The Balaban J connectivity index is 0.00000348. The van der Waals surface area contributed by atoms with Crippen LogP contribution < -0.4 is 21.3 Å². The maximum Gasteiger partial charge on any atom is 0.307 e. The van der Waals surface area contributed by atoms with Crippen LogP contribution in [0.25, 0.3) is 0 Å². The maximum atomic E-state index is 12.3. The van der Waals surface area contributed by atoms with Crippen LogP contribution in [0.2, 0.25) is 0 Å². The highest BCUT2D eigenvalue weighted by atomic mass is 35.5. The summed E-state index contributed by atoms with van der Waals surface area (Å²) in [5.41, 5.74) is 6.23. The molecule has 3 aromatic rings. The first-order valence-electron chi connectivity index (χ1n) is 19.7. The minimum atomic E-state index is -0.742. The largest absolute Gasteiger partial charge is 0.481 e. The van der Waals surface area contributed by atoms with Crippen molar-refractivity contribution in [2.45, 2.75) is 51.6 Å². The van der Waals surface area contributed by atoms with Crippen molar-refractivity contribution in [3.63, 3.8) is 0 Å². The van der Waals surface area contributed by atoms with E-state index in [1.807, 2.05) is 42.5 Å².